The molecule has 0 radical (unpaired) electrons. The van der Waals surface area contributed by atoms with Gasteiger partial charge in [0, 0.05) is 22.6 Å². The summed E-state index contributed by atoms with van der Waals surface area (Å²) < 4.78 is 23.4. The van der Waals surface area contributed by atoms with Crippen LogP contribution in [-0.2, 0) is 9.47 Å². The average molecular weight is 521 g/mol. The summed E-state index contributed by atoms with van der Waals surface area (Å²) in [6, 6.07) is 13.4. The van der Waals surface area contributed by atoms with E-state index in [1.807, 2.05) is 0 Å². The maximum absolute atomic E-state index is 12.4. The summed E-state index contributed by atoms with van der Waals surface area (Å²) in [5.41, 5.74) is 8.26. The molecular weight excluding hydrogens is 488 g/mol. The molecule has 0 unspecified atom stereocenters. The van der Waals surface area contributed by atoms with Crippen molar-refractivity contribution in [1.82, 2.24) is 10.9 Å². The zero-order valence-corrected chi connectivity index (χ0v) is 21.2. The van der Waals surface area contributed by atoms with E-state index in [0.29, 0.717) is 35.8 Å². The van der Waals surface area contributed by atoms with Crippen molar-refractivity contribution in [3.63, 3.8) is 0 Å². The third-order valence-electron chi connectivity index (χ3n) is 6.60. The van der Waals surface area contributed by atoms with Crippen LogP contribution < -0.4 is 20.3 Å². The minimum Gasteiger partial charge on any atom is -0.458 e. The molecule has 2 N–H and O–H groups in total. The number of benzene rings is 2. The highest BCUT2D eigenvalue weighted by Crippen LogP contribution is 2.23. The molecule has 1 saturated heterocycles. The molecule has 5 rings (SSSR count). The van der Waals surface area contributed by atoms with Crippen LogP contribution in [0.3, 0.4) is 0 Å². The van der Waals surface area contributed by atoms with Crippen LogP contribution in [-0.4, -0.2) is 49.0 Å². The lowest BCUT2D eigenvalue weighted by molar-refractivity contribution is -0.271. The van der Waals surface area contributed by atoms with Gasteiger partial charge in [0.05, 0.1) is 13.2 Å². The number of ether oxygens (including phenoxy) is 4. The van der Waals surface area contributed by atoms with Crippen molar-refractivity contribution in [2.45, 2.75) is 63.9 Å². The van der Waals surface area contributed by atoms with E-state index < -0.39 is 12.6 Å². The van der Waals surface area contributed by atoms with E-state index in [1.54, 1.807) is 48.5 Å². The van der Waals surface area contributed by atoms with E-state index in [1.165, 1.54) is 0 Å². The lowest BCUT2D eigenvalue weighted by Gasteiger charge is -2.31. The van der Waals surface area contributed by atoms with Crippen molar-refractivity contribution < 1.29 is 28.5 Å². The Morgan fingerprint density at radius 3 is 1.37 bits per heavy atom. The summed E-state index contributed by atoms with van der Waals surface area (Å²) in [6.07, 6.45) is 6.61. The summed E-state index contributed by atoms with van der Waals surface area (Å²) in [6.45, 7) is 0.708. The van der Waals surface area contributed by atoms with Gasteiger partial charge in [0.1, 0.15) is 11.5 Å². The Morgan fingerprint density at radius 1 is 0.632 bits per heavy atom. The molecule has 2 aromatic rings. The summed E-state index contributed by atoms with van der Waals surface area (Å²) in [5.74, 6) is 0.474. The summed E-state index contributed by atoms with van der Waals surface area (Å²) in [4.78, 5) is 24.7. The number of carbonyl (C=O) groups excluding carboxylic acids is 2. The topological polar surface area (TPSA) is 120 Å². The fraction of sp³-hybridized carbons (Fsp3) is 0.429. The van der Waals surface area contributed by atoms with Crippen LogP contribution in [0.1, 0.15) is 72.1 Å². The van der Waals surface area contributed by atoms with E-state index in [0.717, 1.165) is 62.8 Å². The van der Waals surface area contributed by atoms with Crippen molar-refractivity contribution in [3.05, 3.63) is 59.7 Å². The van der Waals surface area contributed by atoms with Gasteiger partial charge in [0.2, 0.25) is 0 Å². The molecule has 2 amide bonds. The van der Waals surface area contributed by atoms with Crippen molar-refractivity contribution >= 4 is 23.2 Å². The number of nitrogens with one attached hydrogen (secondary N) is 2. The minimum atomic E-state index is -0.817. The molecule has 0 spiro atoms. The van der Waals surface area contributed by atoms with Gasteiger partial charge in [-0.15, -0.1) is 0 Å². The fourth-order valence-corrected chi connectivity index (χ4v) is 4.48. The molecule has 38 heavy (non-hydrogen) atoms. The third kappa shape index (κ3) is 6.96. The number of amides is 2. The van der Waals surface area contributed by atoms with Gasteiger partial charge in [-0.2, -0.15) is 10.2 Å². The van der Waals surface area contributed by atoms with Crippen LogP contribution in [0.4, 0.5) is 0 Å². The molecule has 1 aliphatic heterocycles. The molecule has 3 aliphatic rings. The first kappa shape index (κ1) is 25.9. The van der Waals surface area contributed by atoms with Gasteiger partial charge in [-0.1, -0.05) is 0 Å². The van der Waals surface area contributed by atoms with Gasteiger partial charge in [0.15, 0.2) is 0 Å². The normalized spacial score (nSPS) is 21.1. The quantitative estimate of drug-likeness (QED) is 0.505. The molecule has 2 saturated carbocycles. The highest BCUT2D eigenvalue weighted by atomic mass is 16.8. The zero-order chi connectivity index (χ0) is 26.2. The number of hydrazone groups is 2. The molecule has 2 aromatic carbocycles. The van der Waals surface area contributed by atoms with E-state index >= 15 is 0 Å². The average Bonchev–Trinajstić information content (AvgIpc) is 3.67. The lowest BCUT2D eigenvalue weighted by Crippen LogP contribution is -2.45. The highest BCUT2D eigenvalue weighted by Gasteiger charge is 2.31. The molecule has 1 heterocycles. The van der Waals surface area contributed by atoms with Crippen LogP contribution >= 0.6 is 0 Å². The van der Waals surface area contributed by atoms with Gasteiger partial charge >= 0.3 is 0 Å². The van der Waals surface area contributed by atoms with Crippen LogP contribution in [0.2, 0.25) is 0 Å². The SMILES string of the molecule is O=C(NN=C1CCCC1)c1ccc(O[C@H]2OCCO[C@@H]2Oc2ccc(C(=O)NN=C3CCCC3)cc2)cc1. The molecule has 3 fully saturated rings. The molecule has 10 heteroatoms. The van der Waals surface area contributed by atoms with Crippen LogP contribution in [0.5, 0.6) is 11.5 Å². The molecule has 0 aromatic heterocycles. The number of hydrogen-bond acceptors (Lipinski definition) is 8. The van der Waals surface area contributed by atoms with Gasteiger partial charge < -0.3 is 18.9 Å². The Balaban J connectivity index is 1.14. The second-order valence-electron chi connectivity index (χ2n) is 9.41. The predicted molar refractivity (Wildman–Crippen MR) is 140 cm³/mol. The van der Waals surface area contributed by atoms with E-state index in [-0.39, 0.29) is 11.8 Å². The van der Waals surface area contributed by atoms with E-state index in [4.69, 9.17) is 18.9 Å². The molecular formula is C28H32N4O6. The third-order valence-corrected chi connectivity index (χ3v) is 6.60. The predicted octanol–water partition coefficient (Wildman–Crippen LogP) is 4.16. The monoisotopic (exact) mass is 520 g/mol. The number of nitrogens with zero attached hydrogens (tertiary/aromatic N) is 2. The first-order chi connectivity index (χ1) is 18.6. The standard InChI is InChI=1S/C28H32N4O6/c33-25(31-29-21-5-1-2-6-21)19-9-13-23(14-10-19)37-27-28(36-18-17-35-27)38-24-15-11-20(12-16-24)26(34)32-30-22-7-3-4-8-22/h9-16,27-28H,1-8,17-18H2,(H,31,33)(H,32,34)/t27-,28-/m1/s1. The Labute approximate surface area is 221 Å². The number of hydrogen-bond donors (Lipinski definition) is 2. The minimum absolute atomic E-state index is 0.266. The van der Waals surface area contributed by atoms with Crippen LogP contribution in [0.25, 0.3) is 0 Å². The summed E-state index contributed by atoms with van der Waals surface area (Å²) in [5, 5.41) is 8.42. The van der Waals surface area contributed by atoms with Crippen molar-refractivity contribution in [1.29, 1.82) is 0 Å². The molecule has 0 bridgehead atoms. The first-order valence-corrected chi connectivity index (χ1v) is 13.1. The summed E-state index contributed by atoms with van der Waals surface area (Å²) >= 11 is 0. The van der Waals surface area contributed by atoms with Crippen molar-refractivity contribution in [2.24, 2.45) is 10.2 Å². The Kier molecular flexibility index (Phi) is 8.62. The van der Waals surface area contributed by atoms with Gasteiger partial charge in [-0.3, -0.25) is 9.59 Å². The second-order valence-corrected chi connectivity index (χ2v) is 9.41. The smallest absolute Gasteiger partial charge is 0.271 e. The summed E-state index contributed by atoms with van der Waals surface area (Å²) in [7, 11) is 0. The van der Waals surface area contributed by atoms with Gasteiger partial charge in [0.25, 0.3) is 24.4 Å². The first-order valence-electron chi connectivity index (χ1n) is 13.1. The Hall–Kier alpha value is -3.76. The van der Waals surface area contributed by atoms with E-state index in [2.05, 4.69) is 21.1 Å². The maximum atomic E-state index is 12.4. The second kappa shape index (κ2) is 12.7. The fourth-order valence-electron chi connectivity index (χ4n) is 4.48. The Morgan fingerprint density at radius 2 is 1.00 bits per heavy atom. The zero-order valence-electron chi connectivity index (χ0n) is 21.2. The van der Waals surface area contributed by atoms with Crippen molar-refractivity contribution in [3.8, 4) is 11.5 Å². The number of rotatable bonds is 8. The molecule has 2 aliphatic carbocycles. The van der Waals surface area contributed by atoms with Crippen LogP contribution in [0, 0.1) is 0 Å². The maximum Gasteiger partial charge on any atom is 0.271 e. The largest absolute Gasteiger partial charge is 0.458 e. The van der Waals surface area contributed by atoms with Crippen molar-refractivity contribution in [2.75, 3.05) is 13.2 Å². The van der Waals surface area contributed by atoms with Gasteiger partial charge in [-0.05, 0) is 99.9 Å². The molecule has 10 nitrogen and oxygen atoms in total. The van der Waals surface area contributed by atoms with E-state index in [9.17, 15) is 9.59 Å². The number of carbonyl (C=O) groups is 2. The highest BCUT2D eigenvalue weighted by molar-refractivity contribution is 5.96. The van der Waals surface area contributed by atoms with Crippen LogP contribution in [0.15, 0.2) is 58.7 Å². The molecule has 200 valence electrons. The lowest BCUT2D eigenvalue weighted by atomic mass is 10.2. The molecule has 2 atom stereocenters. The van der Waals surface area contributed by atoms with Gasteiger partial charge in [-0.25, -0.2) is 10.9 Å². The Bertz CT molecular complexity index is 1070.